The van der Waals surface area contributed by atoms with Gasteiger partial charge in [-0.25, -0.2) is 4.98 Å². The summed E-state index contributed by atoms with van der Waals surface area (Å²) < 4.78 is 0. The van der Waals surface area contributed by atoms with Gasteiger partial charge in [-0.15, -0.1) is 0 Å². The molecule has 0 saturated heterocycles. The highest BCUT2D eigenvalue weighted by atomic mass is 16.1. The lowest BCUT2D eigenvalue weighted by atomic mass is 10.1. The van der Waals surface area contributed by atoms with Crippen molar-refractivity contribution in [3.05, 3.63) is 66.4 Å². The van der Waals surface area contributed by atoms with Crippen LogP contribution in [0.4, 0.5) is 11.5 Å². The van der Waals surface area contributed by atoms with Gasteiger partial charge in [0, 0.05) is 17.9 Å². The van der Waals surface area contributed by atoms with Crippen molar-refractivity contribution in [3.8, 4) is 0 Å². The summed E-state index contributed by atoms with van der Waals surface area (Å²) in [7, 11) is 0. The van der Waals surface area contributed by atoms with Gasteiger partial charge in [-0.1, -0.05) is 30.3 Å². The third-order valence-electron chi connectivity index (χ3n) is 3.96. The summed E-state index contributed by atoms with van der Waals surface area (Å²) in [4.78, 5) is 16.6. The van der Waals surface area contributed by atoms with Crippen molar-refractivity contribution < 1.29 is 4.79 Å². The third kappa shape index (κ3) is 3.16. The highest BCUT2D eigenvalue weighted by molar-refractivity contribution is 6.05. The van der Waals surface area contributed by atoms with E-state index in [0.717, 1.165) is 22.3 Å². The summed E-state index contributed by atoms with van der Waals surface area (Å²) in [6, 6.07) is 18.2. The molecule has 1 aromatic heterocycles. The van der Waals surface area contributed by atoms with E-state index >= 15 is 0 Å². The Hall–Kier alpha value is -2.88. The van der Waals surface area contributed by atoms with Gasteiger partial charge in [-0.05, 0) is 47.9 Å². The van der Waals surface area contributed by atoms with Crippen LogP contribution in [0.1, 0.15) is 23.2 Å². The van der Waals surface area contributed by atoms with Crippen LogP contribution in [0.5, 0.6) is 0 Å². The minimum atomic E-state index is -0.147. The quantitative estimate of drug-likeness (QED) is 0.764. The van der Waals surface area contributed by atoms with Gasteiger partial charge in [0.2, 0.25) is 0 Å². The fourth-order valence-corrected chi connectivity index (χ4v) is 2.52. The lowest BCUT2D eigenvalue weighted by Gasteiger charge is -2.08. The number of anilines is 2. The fourth-order valence-electron chi connectivity index (χ4n) is 2.52. The summed E-state index contributed by atoms with van der Waals surface area (Å²) >= 11 is 0. The summed E-state index contributed by atoms with van der Waals surface area (Å²) in [6.45, 7) is 0. The second-order valence-electron chi connectivity index (χ2n) is 5.87. The number of carbonyl (C=O) groups excluding carboxylic acids is 1. The molecule has 114 valence electrons. The molecule has 2 aromatic carbocycles. The number of benzene rings is 2. The smallest absolute Gasteiger partial charge is 0.257 e. The van der Waals surface area contributed by atoms with Gasteiger partial charge in [0.05, 0.1) is 5.56 Å². The third-order valence-corrected chi connectivity index (χ3v) is 3.96. The van der Waals surface area contributed by atoms with Gasteiger partial charge in [0.15, 0.2) is 0 Å². The van der Waals surface area contributed by atoms with Crippen LogP contribution in [0.25, 0.3) is 10.8 Å². The first-order valence-electron chi connectivity index (χ1n) is 7.81. The van der Waals surface area contributed by atoms with Crippen molar-refractivity contribution in [3.63, 3.8) is 0 Å². The first-order valence-corrected chi connectivity index (χ1v) is 7.81. The number of nitrogens with one attached hydrogen (secondary N) is 2. The zero-order valence-corrected chi connectivity index (χ0v) is 12.6. The van der Waals surface area contributed by atoms with Crippen LogP contribution < -0.4 is 10.6 Å². The summed E-state index contributed by atoms with van der Waals surface area (Å²) in [6.07, 6.45) is 4.01. The van der Waals surface area contributed by atoms with E-state index in [2.05, 4.69) is 21.7 Å². The molecule has 1 heterocycles. The first-order chi connectivity index (χ1) is 11.3. The highest BCUT2D eigenvalue weighted by Crippen LogP contribution is 2.24. The van der Waals surface area contributed by atoms with E-state index in [1.807, 2.05) is 42.5 Å². The molecular formula is C19H17N3O. The lowest BCUT2D eigenvalue weighted by Crippen LogP contribution is -2.12. The number of rotatable bonds is 4. The molecule has 1 aliphatic carbocycles. The molecule has 4 rings (SSSR count). The van der Waals surface area contributed by atoms with Gasteiger partial charge in [0.1, 0.15) is 5.82 Å². The molecule has 1 saturated carbocycles. The molecule has 4 nitrogen and oxygen atoms in total. The Morgan fingerprint density at radius 3 is 2.57 bits per heavy atom. The maximum Gasteiger partial charge on any atom is 0.257 e. The molecule has 1 fully saturated rings. The topological polar surface area (TPSA) is 54.0 Å². The average molecular weight is 303 g/mol. The van der Waals surface area contributed by atoms with E-state index in [0.29, 0.717) is 11.6 Å². The zero-order valence-electron chi connectivity index (χ0n) is 12.6. The predicted molar refractivity (Wildman–Crippen MR) is 92.8 cm³/mol. The molecule has 1 amide bonds. The summed E-state index contributed by atoms with van der Waals surface area (Å²) in [5.74, 6) is 0.681. The molecule has 0 spiro atoms. The summed E-state index contributed by atoms with van der Waals surface area (Å²) in [5, 5.41) is 8.49. The normalized spacial score (nSPS) is 13.7. The van der Waals surface area contributed by atoms with E-state index in [1.54, 1.807) is 12.3 Å². The predicted octanol–water partition coefficient (Wildman–Crippen LogP) is 4.06. The highest BCUT2D eigenvalue weighted by Gasteiger charge is 2.21. The number of amides is 1. The Balaban J connectivity index is 1.49. The summed E-state index contributed by atoms with van der Waals surface area (Å²) in [5.41, 5.74) is 1.34. The standard InChI is InChI=1S/C19H17N3O/c23-19(15-6-10-18(20-12-15)21-16-8-9-16)22-17-7-5-13-3-1-2-4-14(13)11-17/h1-7,10-12,16H,8-9H2,(H,20,21)(H,22,23). The number of hydrogen-bond donors (Lipinski definition) is 2. The van der Waals surface area contributed by atoms with Crippen molar-refractivity contribution in [1.82, 2.24) is 4.98 Å². The van der Waals surface area contributed by atoms with Crippen LogP contribution in [-0.4, -0.2) is 16.9 Å². The van der Waals surface area contributed by atoms with Crippen molar-refractivity contribution in [2.24, 2.45) is 0 Å². The van der Waals surface area contributed by atoms with Crippen molar-refractivity contribution in [2.45, 2.75) is 18.9 Å². The van der Waals surface area contributed by atoms with Crippen LogP contribution in [0, 0.1) is 0 Å². The molecule has 0 radical (unpaired) electrons. The van der Waals surface area contributed by atoms with Gasteiger partial charge in [-0.3, -0.25) is 4.79 Å². The van der Waals surface area contributed by atoms with Crippen molar-refractivity contribution in [2.75, 3.05) is 10.6 Å². The van der Waals surface area contributed by atoms with Crippen molar-refractivity contribution in [1.29, 1.82) is 0 Å². The van der Waals surface area contributed by atoms with Crippen LogP contribution in [0.3, 0.4) is 0 Å². The van der Waals surface area contributed by atoms with Gasteiger partial charge in [-0.2, -0.15) is 0 Å². The molecule has 3 aromatic rings. The second kappa shape index (κ2) is 5.72. The largest absolute Gasteiger partial charge is 0.367 e. The average Bonchev–Trinajstić information content (AvgIpc) is 3.39. The maximum absolute atomic E-state index is 12.3. The molecule has 4 heteroatoms. The number of aromatic nitrogens is 1. The fraction of sp³-hybridized carbons (Fsp3) is 0.158. The van der Waals surface area contributed by atoms with E-state index < -0.39 is 0 Å². The SMILES string of the molecule is O=C(Nc1ccc2ccccc2c1)c1ccc(NC2CC2)nc1. The molecule has 0 atom stereocenters. The molecule has 0 bridgehead atoms. The molecule has 23 heavy (non-hydrogen) atoms. The zero-order chi connectivity index (χ0) is 15.6. The Bertz CT molecular complexity index is 854. The lowest BCUT2D eigenvalue weighted by molar-refractivity contribution is 0.102. The number of carbonyl (C=O) groups is 1. The number of hydrogen-bond acceptors (Lipinski definition) is 3. The van der Waals surface area contributed by atoms with Gasteiger partial charge >= 0.3 is 0 Å². The van der Waals surface area contributed by atoms with Crippen LogP contribution in [0.15, 0.2) is 60.8 Å². The second-order valence-corrected chi connectivity index (χ2v) is 5.87. The van der Waals surface area contributed by atoms with E-state index in [4.69, 9.17) is 0 Å². The number of nitrogens with zero attached hydrogens (tertiary/aromatic N) is 1. The Morgan fingerprint density at radius 1 is 1.00 bits per heavy atom. The monoisotopic (exact) mass is 303 g/mol. The Labute approximate surface area is 134 Å². The van der Waals surface area contributed by atoms with Gasteiger partial charge in [0.25, 0.3) is 5.91 Å². The number of pyridine rings is 1. The molecule has 0 aliphatic heterocycles. The van der Waals surface area contributed by atoms with E-state index in [9.17, 15) is 4.79 Å². The molecular weight excluding hydrogens is 286 g/mol. The van der Waals surface area contributed by atoms with Crippen LogP contribution >= 0.6 is 0 Å². The van der Waals surface area contributed by atoms with E-state index in [1.165, 1.54) is 12.8 Å². The maximum atomic E-state index is 12.3. The minimum Gasteiger partial charge on any atom is -0.367 e. The van der Waals surface area contributed by atoms with Gasteiger partial charge < -0.3 is 10.6 Å². The molecule has 0 unspecified atom stereocenters. The van der Waals surface area contributed by atoms with Crippen LogP contribution in [0.2, 0.25) is 0 Å². The van der Waals surface area contributed by atoms with Crippen molar-refractivity contribution >= 4 is 28.2 Å². The molecule has 2 N–H and O–H groups in total. The molecule has 1 aliphatic rings. The Kier molecular flexibility index (Phi) is 3.42. The first kappa shape index (κ1) is 13.8. The van der Waals surface area contributed by atoms with E-state index in [-0.39, 0.29) is 5.91 Å². The van der Waals surface area contributed by atoms with Crippen LogP contribution in [-0.2, 0) is 0 Å². The minimum absolute atomic E-state index is 0.147. The number of fused-ring (bicyclic) bond motifs is 1. The Morgan fingerprint density at radius 2 is 1.83 bits per heavy atom.